The van der Waals surface area contributed by atoms with Gasteiger partial charge in [0.25, 0.3) is 6.01 Å². The molecule has 0 N–H and O–H groups in total. The first-order valence-corrected chi connectivity index (χ1v) is 3.24. The van der Waals surface area contributed by atoms with Gasteiger partial charge in [0.1, 0.15) is 0 Å². The van der Waals surface area contributed by atoms with Crippen molar-refractivity contribution in [3.8, 4) is 0 Å². The van der Waals surface area contributed by atoms with E-state index in [-0.39, 0.29) is 5.41 Å². The van der Waals surface area contributed by atoms with Crippen molar-refractivity contribution in [1.29, 1.82) is 0 Å². The first-order valence-electron chi connectivity index (χ1n) is 3.24. The number of rotatable bonds is 0. The fourth-order valence-electron chi connectivity index (χ4n) is 0.703. The third-order valence-electron chi connectivity index (χ3n) is 1.43. The molecule has 0 aliphatic rings. The maximum atomic E-state index is 12.3. The van der Waals surface area contributed by atoms with Crippen LogP contribution in [0.25, 0.3) is 0 Å². The molecule has 0 amide bonds. The largest absolute Gasteiger partial charge is 0.439 e. The highest BCUT2D eigenvalue weighted by molar-refractivity contribution is 5.16. The van der Waals surface area contributed by atoms with Crippen molar-refractivity contribution < 1.29 is 8.81 Å². The molecule has 2 heteroatoms. The Labute approximate surface area is 59.9 Å². The van der Waals surface area contributed by atoms with Crippen LogP contribution in [0.15, 0.2) is 16.7 Å². The van der Waals surface area contributed by atoms with Crippen molar-refractivity contribution in [1.82, 2.24) is 0 Å². The maximum absolute atomic E-state index is 12.3. The molecular weight excluding hydrogens is 131 g/mol. The van der Waals surface area contributed by atoms with Crippen molar-refractivity contribution in [2.24, 2.45) is 0 Å². The molecule has 10 heavy (non-hydrogen) atoms. The first-order chi connectivity index (χ1) is 4.50. The molecule has 0 aliphatic carbocycles. The summed E-state index contributed by atoms with van der Waals surface area (Å²) in [5.41, 5.74) is 0.874. The third-order valence-corrected chi connectivity index (χ3v) is 1.43. The smallest absolute Gasteiger partial charge is 0.277 e. The SMILES string of the molecule is CC(C)(C)c1coc(F)c1. The minimum Gasteiger partial charge on any atom is -0.439 e. The summed E-state index contributed by atoms with van der Waals surface area (Å²) in [4.78, 5) is 0. The second-order valence-corrected chi connectivity index (χ2v) is 3.39. The molecule has 0 radical (unpaired) electrons. The normalized spacial score (nSPS) is 12.0. The van der Waals surface area contributed by atoms with Crippen LogP contribution in [0, 0.1) is 6.01 Å². The first kappa shape index (κ1) is 7.32. The van der Waals surface area contributed by atoms with E-state index in [4.69, 9.17) is 0 Å². The van der Waals surface area contributed by atoms with Crippen molar-refractivity contribution >= 4 is 0 Å². The third kappa shape index (κ3) is 1.38. The molecule has 1 aromatic rings. The van der Waals surface area contributed by atoms with Gasteiger partial charge in [0, 0.05) is 6.07 Å². The van der Waals surface area contributed by atoms with Crippen LogP contribution in [0.1, 0.15) is 26.3 Å². The topological polar surface area (TPSA) is 13.1 Å². The highest BCUT2D eigenvalue weighted by Crippen LogP contribution is 2.23. The molecule has 0 saturated heterocycles. The molecular formula is C8H11FO. The van der Waals surface area contributed by atoms with E-state index in [1.807, 2.05) is 20.8 Å². The fourth-order valence-corrected chi connectivity index (χ4v) is 0.703. The van der Waals surface area contributed by atoms with Crippen LogP contribution in [-0.2, 0) is 5.41 Å². The quantitative estimate of drug-likeness (QED) is 0.542. The van der Waals surface area contributed by atoms with Gasteiger partial charge >= 0.3 is 0 Å². The summed E-state index contributed by atoms with van der Waals surface area (Å²) in [6, 6.07) is 0.907. The standard InChI is InChI=1S/C8H11FO/c1-8(2,3)6-4-7(9)10-5-6/h4-5H,1-3H3. The van der Waals surface area contributed by atoms with E-state index >= 15 is 0 Å². The van der Waals surface area contributed by atoms with Gasteiger partial charge in [0.05, 0.1) is 6.26 Å². The van der Waals surface area contributed by atoms with Gasteiger partial charge in [-0.15, -0.1) is 0 Å². The summed E-state index contributed by atoms with van der Waals surface area (Å²) in [6.07, 6.45) is 1.45. The Morgan fingerprint density at radius 3 is 2.20 bits per heavy atom. The van der Waals surface area contributed by atoms with Gasteiger partial charge in [0.2, 0.25) is 0 Å². The van der Waals surface area contributed by atoms with Gasteiger partial charge in [-0.05, 0) is 11.0 Å². The van der Waals surface area contributed by atoms with Gasteiger partial charge in [-0.3, -0.25) is 0 Å². The van der Waals surface area contributed by atoms with Gasteiger partial charge in [-0.25, -0.2) is 0 Å². The molecule has 1 aromatic heterocycles. The predicted molar refractivity (Wildman–Crippen MR) is 37.4 cm³/mol. The zero-order chi connectivity index (χ0) is 7.78. The highest BCUT2D eigenvalue weighted by Gasteiger charge is 2.16. The van der Waals surface area contributed by atoms with Crippen molar-refractivity contribution in [3.63, 3.8) is 0 Å². The van der Waals surface area contributed by atoms with Crippen LogP contribution < -0.4 is 0 Å². The Kier molecular flexibility index (Phi) is 1.55. The molecule has 56 valence electrons. The minimum absolute atomic E-state index is 0.0200. The lowest BCUT2D eigenvalue weighted by atomic mass is 9.89. The Bertz CT molecular complexity index is 219. The summed E-state index contributed by atoms with van der Waals surface area (Å²) >= 11 is 0. The van der Waals surface area contributed by atoms with E-state index in [2.05, 4.69) is 4.42 Å². The van der Waals surface area contributed by atoms with E-state index in [1.54, 1.807) is 0 Å². The molecule has 1 rings (SSSR count). The lowest BCUT2D eigenvalue weighted by Crippen LogP contribution is -2.08. The van der Waals surface area contributed by atoms with Crippen LogP contribution in [-0.4, -0.2) is 0 Å². The van der Waals surface area contributed by atoms with Crippen LogP contribution in [0.3, 0.4) is 0 Å². The zero-order valence-corrected chi connectivity index (χ0v) is 6.44. The molecule has 1 heterocycles. The maximum Gasteiger partial charge on any atom is 0.277 e. The number of furan rings is 1. The van der Waals surface area contributed by atoms with E-state index in [0.717, 1.165) is 5.56 Å². The van der Waals surface area contributed by atoms with E-state index < -0.39 is 6.01 Å². The Morgan fingerprint density at radius 1 is 1.40 bits per heavy atom. The monoisotopic (exact) mass is 142 g/mol. The van der Waals surface area contributed by atoms with Gasteiger partial charge in [-0.2, -0.15) is 4.39 Å². The molecule has 0 spiro atoms. The Balaban J connectivity index is 2.96. The van der Waals surface area contributed by atoms with Gasteiger partial charge in [0.15, 0.2) is 0 Å². The predicted octanol–water partition coefficient (Wildman–Crippen LogP) is 2.72. The molecule has 0 fully saturated rings. The Hall–Kier alpha value is -0.790. The van der Waals surface area contributed by atoms with Gasteiger partial charge in [-0.1, -0.05) is 20.8 Å². The van der Waals surface area contributed by atoms with Crippen LogP contribution in [0.2, 0.25) is 0 Å². The highest BCUT2D eigenvalue weighted by atomic mass is 19.1. The number of halogens is 1. The summed E-state index contributed by atoms with van der Waals surface area (Å²) in [5, 5.41) is 0. The lowest BCUT2D eigenvalue weighted by Gasteiger charge is -2.14. The fraction of sp³-hybridized carbons (Fsp3) is 0.500. The van der Waals surface area contributed by atoms with Crippen LogP contribution >= 0.6 is 0 Å². The van der Waals surface area contributed by atoms with E-state index in [0.29, 0.717) is 0 Å². The van der Waals surface area contributed by atoms with E-state index in [9.17, 15) is 4.39 Å². The van der Waals surface area contributed by atoms with Crippen molar-refractivity contribution in [2.45, 2.75) is 26.2 Å². The molecule has 0 atom stereocenters. The van der Waals surface area contributed by atoms with Crippen molar-refractivity contribution in [3.05, 3.63) is 23.9 Å². The average Bonchev–Trinajstić information content (AvgIpc) is 2.11. The lowest BCUT2D eigenvalue weighted by molar-refractivity contribution is 0.358. The molecule has 0 aromatic carbocycles. The minimum atomic E-state index is -0.509. The molecule has 0 bridgehead atoms. The second-order valence-electron chi connectivity index (χ2n) is 3.39. The summed E-state index contributed by atoms with van der Waals surface area (Å²) in [6.45, 7) is 6.03. The summed E-state index contributed by atoms with van der Waals surface area (Å²) in [7, 11) is 0. The number of hydrogen-bond donors (Lipinski definition) is 0. The summed E-state index contributed by atoms with van der Waals surface area (Å²) < 4.78 is 16.8. The zero-order valence-electron chi connectivity index (χ0n) is 6.44. The van der Waals surface area contributed by atoms with E-state index in [1.165, 1.54) is 12.3 Å². The van der Waals surface area contributed by atoms with Crippen LogP contribution in [0.5, 0.6) is 0 Å². The summed E-state index contributed by atoms with van der Waals surface area (Å²) in [5.74, 6) is 0. The Morgan fingerprint density at radius 2 is 2.00 bits per heavy atom. The number of hydrogen-bond acceptors (Lipinski definition) is 1. The van der Waals surface area contributed by atoms with Gasteiger partial charge < -0.3 is 4.42 Å². The molecule has 1 nitrogen and oxygen atoms in total. The molecule has 0 unspecified atom stereocenters. The molecule has 0 aliphatic heterocycles. The average molecular weight is 142 g/mol. The van der Waals surface area contributed by atoms with Crippen LogP contribution in [0.4, 0.5) is 4.39 Å². The second kappa shape index (κ2) is 2.11. The van der Waals surface area contributed by atoms with Crippen molar-refractivity contribution in [2.75, 3.05) is 0 Å². The molecule has 0 saturated carbocycles.